The van der Waals surface area contributed by atoms with Gasteiger partial charge in [0.05, 0.1) is 0 Å². The first kappa shape index (κ1) is 6.40. The molecule has 0 atom stereocenters. The quantitative estimate of drug-likeness (QED) is 0.547. The molecule has 52 valence electrons. The fourth-order valence-corrected chi connectivity index (χ4v) is 0.400. The maximum Gasteiger partial charge on any atom is 0.246 e. The SMILES string of the molecule is O=C([O-])N=Nc1ncc[nH]1. The Morgan fingerprint density at radius 3 is 3.10 bits per heavy atom. The average Bonchev–Trinajstić information content (AvgIpc) is 2.34. The number of nitrogens with zero attached hydrogens (tertiary/aromatic N) is 3. The van der Waals surface area contributed by atoms with Gasteiger partial charge in [-0.15, -0.1) is 10.2 Å². The van der Waals surface area contributed by atoms with E-state index in [0.29, 0.717) is 0 Å². The third-order valence-electron chi connectivity index (χ3n) is 0.710. The fraction of sp³-hybridized carbons (Fsp3) is 0. The lowest BCUT2D eigenvalue weighted by Crippen LogP contribution is -2.16. The molecule has 1 N–H and O–H groups in total. The van der Waals surface area contributed by atoms with Crippen molar-refractivity contribution in [2.75, 3.05) is 0 Å². The maximum absolute atomic E-state index is 9.68. The number of aromatic nitrogens is 2. The summed E-state index contributed by atoms with van der Waals surface area (Å²) in [5, 5.41) is 15.5. The first-order valence-electron chi connectivity index (χ1n) is 2.41. The van der Waals surface area contributed by atoms with Crippen LogP contribution in [-0.4, -0.2) is 16.1 Å². The Morgan fingerprint density at radius 2 is 2.60 bits per heavy atom. The van der Waals surface area contributed by atoms with E-state index in [0.717, 1.165) is 0 Å². The summed E-state index contributed by atoms with van der Waals surface area (Å²) in [6.45, 7) is 0. The van der Waals surface area contributed by atoms with Crippen molar-refractivity contribution >= 4 is 12.0 Å². The van der Waals surface area contributed by atoms with Gasteiger partial charge in [-0.25, -0.2) is 4.98 Å². The molecular formula is C4H3N4O2-. The van der Waals surface area contributed by atoms with Gasteiger partial charge in [0, 0.05) is 12.4 Å². The minimum absolute atomic E-state index is 0.143. The molecule has 0 saturated carbocycles. The molecular weight excluding hydrogens is 136 g/mol. The van der Waals surface area contributed by atoms with Gasteiger partial charge in [0.15, 0.2) is 6.09 Å². The summed E-state index contributed by atoms with van der Waals surface area (Å²) in [4.78, 5) is 15.8. The van der Waals surface area contributed by atoms with E-state index in [9.17, 15) is 9.90 Å². The average molecular weight is 139 g/mol. The van der Waals surface area contributed by atoms with Crippen molar-refractivity contribution < 1.29 is 9.90 Å². The van der Waals surface area contributed by atoms with Crippen LogP contribution < -0.4 is 5.11 Å². The predicted octanol–water partition coefficient (Wildman–Crippen LogP) is -0.163. The lowest BCUT2D eigenvalue weighted by atomic mass is 11.0. The van der Waals surface area contributed by atoms with E-state index in [2.05, 4.69) is 20.2 Å². The molecule has 0 bridgehead atoms. The zero-order valence-electron chi connectivity index (χ0n) is 4.81. The molecule has 1 rings (SSSR count). The standard InChI is InChI=1S/C4H4N4O2/c9-4(10)8-7-3-5-1-2-6-3/h1-2H,(H,5,6)(H,9,10)/p-1. The molecule has 10 heavy (non-hydrogen) atoms. The van der Waals surface area contributed by atoms with Gasteiger partial charge >= 0.3 is 0 Å². The second kappa shape index (κ2) is 2.72. The van der Waals surface area contributed by atoms with E-state index < -0.39 is 6.09 Å². The van der Waals surface area contributed by atoms with Crippen molar-refractivity contribution in [3.05, 3.63) is 12.4 Å². The smallest absolute Gasteiger partial charge is 0.246 e. The van der Waals surface area contributed by atoms with Crippen molar-refractivity contribution in [1.82, 2.24) is 9.97 Å². The highest BCUT2D eigenvalue weighted by Gasteiger charge is 1.85. The van der Waals surface area contributed by atoms with Crippen molar-refractivity contribution in [2.24, 2.45) is 10.2 Å². The van der Waals surface area contributed by atoms with Crippen molar-refractivity contribution in [3.8, 4) is 0 Å². The Bertz CT molecular complexity index is 240. The number of H-pyrrole nitrogens is 1. The molecule has 1 aromatic rings. The molecule has 6 heteroatoms. The van der Waals surface area contributed by atoms with Crippen LogP contribution in [0.1, 0.15) is 0 Å². The van der Waals surface area contributed by atoms with Crippen LogP contribution in [0.25, 0.3) is 0 Å². The summed E-state index contributed by atoms with van der Waals surface area (Å²) < 4.78 is 0. The second-order valence-corrected chi connectivity index (χ2v) is 1.38. The van der Waals surface area contributed by atoms with E-state index in [-0.39, 0.29) is 5.95 Å². The number of carbonyl (C=O) groups excluding carboxylic acids is 1. The van der Waals surface area contributed by atoms with E-state index in [1.807, 2.05) is 0 Å². The predicted molar refractivity (Wildman–Crippen MR) is 28.5 cm³/mol. The van der Waals surface area contributed by atoms with Gasteiger partial charge in [0.25, 0.3) is 0 Å². The molecule has 0 fully saturated rings. The van der Waals surface area contributed by atoms with E-state index in [4.69, 9.17) is 0 Å². The minimum atomic E-state index is -1.59. The highest BCUT2D eigenvalue weighted by atomic mass is 16.4. The number of rotatable bonds is 1. The van der Waals surface area contributed by atoms with Crippen LogP contribution in [0.5, 0.6) is 0 Å². The molecule has 6 nitrogen and oxygen atoms in total. The number of nitrogens with one attached hydrogen (secondary N) is 1. The highest BCUT2D eigenvalue weighted by Crippen LogP contribution is 1.99. The van der Waals surface area contributed by atoms with Crippen molar-refractivity contribution in [1.29, 1.82) is 0 Å². The van der Waals surface area contributed by atoms with Gasteiger partial charge in [-0.2, -0.15) is 0 Å². The van der Waals surface area contributed by atoms with Crippen LogP contribution in [0, 0.1) is 0 Å². The molecule has 0 radical (unpaired) electrons. The van der Waals surface area contributed by atoms with Crippen LogP contribution in [0.2, 0.25) is 0 Å². The number of imidazole rings is 1. The number of aromatic amines is 1. The maximum atomic E-state index is 9.68. The Kier molecular flexibility index (Phi) is 1.74. The summed E-state index contributed by atoms with van der Waals surface area (Å²) in [6.07, 6.45) is 1.35. The Balaban J connectivity index is 2.64. The van der Waals surface area contributed by atoms with Crippen LogP contribution in [-0.2, 0) is 0 Å². The lowest BCUT2D eigenvalue weighted by Gasteiger charge is -1.85. The summed E-state index contributed by atoms with van der Waals surface area (Å²) in [6, 6.07) is 0. The summed E-state index contributed by atoms with van der Waals surface area (Å²) in [5.74, 6) is 0.143. The molecule has 0 aromatic carbocycles. The van der Waals surface area contributed by atoms with E-state index in [1.54, 1.807) is 0 Å². The highest BCUT2D eigenvalue weighted by molar-refractivity contribution is 5.62. The van der Waals surface area contributed by atoms with Crippen LogP contribution >= 0.6 is 0 Å². The van der Waals surface area contributed by atoms with Gasteiger partial charge in [-0.1, -0.05) is 0 Å². The molecule has 0 unspecified atom stereocenters. The monoisotopic (exact) mass is 139 g/mol. The molecule has 1 aromatic heterocycles. The largest absolute Gasteiger partial charge is 0.527 e. The normalized spacial score (nSPS) is 10.4. The first-order valence-corrected chi connectivity index (χ1v) is 2.41. The Morgan fingerprint density at radius 1 is 1.80 bits per heavy atom. The Labute approximate surface area is 55.6 Å². The number of amides is 1. The molecule has 0 aliphatic rings. The Hall–Kier alpha value is -1.72. The van der Waals surface area contributed by atoms with Gasteiger partial charge in [-0.05, 0) is 0 Å². The van der Waals surface area contributed by atoms with E-state index >= 15 is 0 Å². The van der Waals surface area contributed by atoms with Crippen molar-refractivity contribution in [3.63, 3.8) is 0 Å². The van der Waals surface area contributed by atoms with Crippen LogP contribution in [0.3, 0.4) is 0 Å². The number of carboxylic acid groups (broad SMARTS) is 1. The van der Waals surface area contributed by atoms with Gasteiger partial charge in [0.2, 0.25) is 5.95 Å². The molecule has 1 heterocycles. The third kappa shape index (κ3) is 1.66. The summed E-state index contributed by atoms with van der Waals surface area (Å²) in [5.41, 5.74) is 0. The minimum Gasteiger partial charge on any atom is -0.527 e. The molecule has 0 saturated heterocycles. The number of carbonyl (C=O) groups is 1. The first-order chi connectivity index (χ1) is 4.79. The zero-order chi connectivity index (χ0) is 7.40. The van der Waals surface area contributed by atoms with Crippen LogP contribution in [0.4, 0.5) is 10.7 Å². The van der Waals surface area contributed by atoms with E-state index in [1.165, 1.54) is 12.4 Å². The van der Waals surface area contributed by atoms with Gasteiger partial charge in [0.1, 0.15) is 0 Å². The van der Waals surface area contributed by atoms with Crippen LogP contribution in [0.15, 0.2) is 22.6 Å². The number of hydrogen-bond acceptors (Lipinski definition) is 4. The molecule has 0 spiro atoms. The fourth-order valence-electron chi connectivity index (χ4n) is 0.400. The molecule has 1 amide bonds. The second-order valence-electron chi connectivity index (χ2n) is 1.38. The summed E-state index contributed by atoms with van der Waals surface area (Å²) >= 11 is 0. The number of azo groups is 1. The lowest BCUT2D eigenvalue weighted by molar-refractivity contribution is -0.246. The molecule has 0 aliphatic carbocycles. The van der Waals surface area contributed by atoms with Crippen molar-refractivity contribution in [2.45, 2.75) is 0 Å². The topological polar surface area (TPSA) is 93.5 Å². The third-order valence-corrected chi connectivity index (χ3v) is 0.710. The molecule has 0 aliphatic heterocycles. The number of hydrogen-bond donors (Lipinski definition) is 1. The zero-order valence-corrected chi connectivity index (χ0v) is 4.81. The van der Waals surface area contributed by atoms with Gasteiger partial charge in [-0.3, -0.25) is 0 Å². The summed E-state index contributed by atoms with van der Waals surface area (Å²) in [7, 11) is 0. The van der Waals surface area contributed by atoms with Gasteiger partial charge < -0.3 is 14.9 Å².